The van der Waals surface area contributed by atoms with Crippen LogP contribution in [0.5, 0.6) is 0 Å². The van der Waals surface area contributed by atoms with E-state index in [1.165, 1.54) is 0 Å². The van der Waals surface area contributed by atoms with Gasteiger partial charge >= 0.3 is 6.09 Å². The van der Waals surface area contributed by atoms with Gasteiger partial charge in [-0.05, 0) is 32.8 Å². The Hall–Kier alpha value is -1.81. The molecule has 20 heavy (non-hydrogen) atoms. The topological polar surface area (TPSA) is 58.6 Å². The highest BCUT2D eigenvalue weighted by atomic mass is 16.6. The largest absolute Gasteiger partial charge is 0.444 e. The minimum atomic E-state index is -0.526. The first-order valence-electron chi connectivity index (χ1n) is 6.71. The number of benzene rings is 1. The molecule has 0 saturated carbocycles. The normalized spacial score (nSPS) is 13.2. The Morgan fingerprint density at radius 3 is 2.55 bits per heavy atom. The third-order valence-electron chi connectivity index (χ3n) is 2.47. The van der Waals surface area contributed by atoms with Gasteiger partial charge in [-0.15, -0.1) is 0 Å². The fourth-order valence-electron chi connectivity index (χ4n) is 1.72. The van der Waals surface area contributed by atoms with Crippen LogP contribution in [0.3, 0.4) is 0 Å². The molecule has 1 aromatic carbocycles. The second-order valence-corrected chi connectivity index (χ2v) is 5.55. The molecule has 0 aromatic heterocycles. The van der Waals surface area contributed by atoms with E-state index < -0.39 is 11.7 Å². The quantitative estimate of drug-likeness (QED) is 0.813. The van der Waals surface area contributed by atoms with Crippen LogP contribution in [0.4, 0.5) is 4.79 Å². The zero-order valence-electron chi connectivity index (χ0n) is 12.3. The summed E-state index contributed by atoms with van der Waals surface area (Å²) in [4.78, 5) is 11.8. The predicted molar refractivity (Wildman–Crippen MR) is 79.5 cm³/mol. The lowest BCUT2D eigenvalue weighted by molar-refractivity contribution is 0.0514. The van der Waals surface area contributed by atoms with Gasteiger partial charge in [0.15, 0.2) is 0 Å². The first kappa shape index (κ1) is 16.2. The maximum absolute atomic E-state index is 11.8. The van der Waals surface area contributed by atoms with Crippen molar-refractivity contribution in [2.45, 2.75) is 38.8 Å². The molecule has 1 amide bonds. The molecule has 0 aliphatic heterocycles. The summed E-state index contributed by atoms with van der Waals surface area (Å²) in [5.41, 5.74) is 0.582. The van der Waals surface area contributed by atoms with Gasteiger partial charge in [0.2, 0.25) is 0 Å². The van der Waals surface area contributed by atoms with Crippen molar-refractivity contribution in [2.75, 3.05) is 6.61 Å². The molecule has 4 heteroatoms. The van der Waals surface area contributed by atoms with Gasteiger partial charge in [0.05, 0.1) is 12.6 Å². The zero-order chi connectivity index (χ0) is 15.0. The van der Waals surface area contributed by atoms with Crippen molar-refractivity contribution in [1.82, 2.24) is 5.32 Å². The van der Waals surface area contributed by atoms with Crippen molar-refractivity contribution in [3.63, 3.8) is 0 Å². The highest BCUT2D eigenvalue weighted by molar-refractivity contribution is 5.68. The molecule has 110 valence electrons. The molecule has 1 unspecified atom stereocenters. The number of amides is 1. The third-order valence-corrected chi connectivity index (χ3v) is 2.47. The molecule has 1 atom stereocenters. The number of aliphatic hydroxyl groups is 1. The van der Waals surface area contributed by atoms with Crippen molar-refractivity contribution < 1.29 is 14.6 Å². The minimum absolute atomic E-state index is 0.0543. The molecule has 0 heterocycles. The van der Waals surface area contributed by atoms with Gasteiger partial charge in [0, 0.05) is 0 Å². The van der Waals surface area contributed by atoms with Gasteiger partial charge in [-0.1, -0.05) is 42.5 Å². The van der Waals surface area contributed by atoms with E-state index in [9.17, 15) is 4.79 Å². The van der Waals surface area contributed by atoms with Crippen LogP contribution in [-0.4, -0.2) is 29.4 Å². The van der Waals surface area contributed by atoms with Gasteiger partial charge in [-0.2, -0.15) is 0 Å². The van der Waals surface area contributed by atoms with Crippen molar-refractivity contribution in [1.29, 1.82) is 0 Å². The van der Waals surface area contributed by atoms with Gasteiger partial charge in [-0.25, -0.2) is 4.79 Å². The Labute approximate surface area is 120 Å². The fraction of sp³-hybridized carbons (Fsp3) is 0.438. The van der Waals surface area contributed by atoms with E-state index in [0.717, 1.165) is 5.56 Å². The van der Waals surface area contributed by atoms with Crippen LogP contribution < -0.4 is 5.32 Å². The smallest absolute Gasteiger partial charge is 0.408 e. The molecule has 1 aromatic rings. The summed E-state index contributed by atoms with van der Waals surface area (Å²) in [7, 11) is 0. The van der Waals surface area contributed by atoms with Gasteiger partial charge in [0.1, 0.15) is 5.60 Å². The van der Waals surface area contributed by atoms with Crippen molar-refractivity contribution in [3.05, 3.63) is 48.0 Å². The maximum Gasteiger partial charge on any atom is 0.408 e. The maximum atomic E-state index is 11.8. The summed E-state index contributed by atoms with van der Waals surface area (Å²) in [5.74, 6) is 0. The second kappa shape index (κ2) is 7.70. The second-order valence-electron chi connectivity index (χ2n) is 5.55. The summed E-state index contributed by atoms with van der Waals surface area (Å²) in [5, 5.41) is 11.7. The highest BCUT2D eigenvalue weighted by Crippen LogP contribution is 2.09. The van der Waals surface area contributed by atoms with E-state index in [1.807, 2.05) is 51.1 Å². The van der Waals surface area contributed by atoms with Crippen molar-refractivity contribution in [2.24, 2.45) is 0 Å². The molecule has 0 saturated heterocycles. The Morgan fingerprint density at radius 2 is 2.00 bits per heavy atom. The zero-order valence-corrected chi connectivity index (χ0v) is 12.3. The molecule has 0 aliphatic carbocycles. The first-order chi connectivity index (χ1) is 9.40. The van der Waals surface area contributed by atoms with E-state index in [2.05, 4.69) is 5.32 Å². The molecule has 0 fully saturated rings. The van der Waals surface area contributed by atoms with Crippen LogP contribution in [0, 0.1) is 0 Å². The number of alkyl carbamates (subject to hydrolysis) is 1. The Kier molecular flexibility index (Phi) is 6.25. The minimum Gasteiger partial charge on any atom is -0.444 e. The number of carbonyl (C=O) groups is 1. The average molecular weight is 277 g/mol. The number of carbonyl (C=O) groups excluding carboxylic acids is 1. The lowest BCUT2D eigenvalue weighted by Crippen LogP contribution is -2.39. The van der Waals surface area contributed by atoms with Crippen LogP contribution in [0.1, 0.15) is 26.3 Å². The van der Waals surface area contributed by atoms with Crippen LogP contribution >= 0.6 is 0 Å². The van der Waals surface area contributed by atoms with Crippen LogP contribution in [0.15, 0.2) is 42.5 Å². The summed E-state index contributed by atoms with van der Waals surface area (Å²) >= 11 is 0. The highest BCUT2D eigenvalue weighted by Gasteiger charge is 2.18. The van der Waals surface area contributed by atoms with E-state index in [4.69, 9.17) is 9.84 Å². The SMILES string of the molecule is CC(C)(C)OC(=O)NC(C=CCO)Cc1ccccc1. The average Bonchev–Trinajstić information content (AvgIpc) is 2.35. The molecule has 1 rings (SSSR count). The molecule has 0 radical (unpaired) electrons. The molecular formula is C16H23NO3. The molecule has 2 N–H and O–H groups in total. The summed E-state index contributed by atoms with van der Waals surface area (Å²) in [6.07, 6.45) is 3.58. The lowest BCUT2D eigenvalue weighted by atomic mass is 10.1. The fourth-order valence-corrected chi connectivity index (χ4v) is 1.72. The Morgan fingerprint density at radius 1 is 1.35 bits per heavy atom. The number of aliphatic hydroxyl groups excluding tert-OH is 1. The number of nitrogens with one attached hydrogen (secondary N) is 1. The van der Waals surface area contributed by atoms with E-state index in [1.54, 1.807) is 12.2 Å². The predicted octanol–water partition coefficient (Wildman–Crippen LogP) is 2.67. The van der Waals surface area contributed by atoms with Gasteiger partial charge in [0.25, 0.3) is 0 Å². The summed E-state index contributed by atoms with van der Waals surface area (Å²) < 4.78 is 5.24. The van der Waals surface area contributed by atoms with Crippen LogP contribution in [0.25, 0.3) is 0 Å². The molecule has 0 spiro atoms. The van der Waals surface area contributed by atoms with E-state index >= 15 is 0 Å². The van der Waals surface area contributed by atoms with Gasteiger partial charge in [-0.3, -0.25) is 0 Å². The molecular weight excluding hydrogens is 254 g/mol. The Bertz CT molecular complexity index is 435. The third kappa shape index (κ3) is 6.95. The number of hydrogen-bond donors (Lipinski definition) is 2. The van der Waals surface area contributed by atoms with Crippen LogP contribution in [-0.2, 0) is 11.2 Å². The number of hydrogen-bond acceptors (Lipinski definition) is 3. The first-order valence-corrected chi connectivity index (χ1v) is 6.71. The van der Waals surface area contributed by atoms with Crippen molar-refractivity contribution in [3.8, 4) is 0 Å². The summed E-state index contributed by atoms with van der Waals surface area (Å²) in [6, 6.07) is 9.64. The Balaban J connectivity index is 2.65. The van der Waals surface area contributed by atoms with E-state index in [-0.39, 0.29) is 12.6 Å². The number of ether oxygens (including phenoxy) is 1. The monoisotopic (exact) mass is 277 g/mol. The van der Waals surface area contributed by atoms with Crippen molar-refractivity contribution >= 4 is 6.09 Å². The molecule has 0 aliphatic rings. The van der Waals surface area contributed by atoms with Gasteiger partial charge < -0.3 is 15.2 Å². The van der Waals surface area contributed by atoms with E-state index in [0.29, 0.717) is 6.42 Å². The lowest BCUT2D eigenvalue weighted by Gasteiger charge is -2.22. The summed E-state index contributed by atoms with van der Waals surface area (Å²) in [6.45, 7) is 5.41. The number of rotatable bonds is 5. The molecule has 4 nitrogen and oxygen atoms in total. The standard InChI is InChI=1S/C16H23NO3/c1-16(2,3)20-15(19)17-14(10-7-11-18)12-13-8-5-4-6-9-13/h4-10,14,18H,11-12H2,1-3H3,(H,17,19). The molecule has 0 bridgehead atoms. The van der Waals surface area contributed by atoms with Crippen LogP contribution in [0.2, 0.25) is 0 Å².